The van der Waals surface area contributed by atoms with E-state index in [1.54, 1.807) is 0 Å². The van der Waals surface area contributed by atoms with Crippen LogP contribution in [0.1, 0.15) is 40.0 Å². The van der Waals surface area contributed by atoms with E-state index in [0.29, 0.717) is 12.5 Å². The zero-order valence-corrected chi connectivity index (χ0v) is 8.30. The Bertz CT molecular complexity index is 110. The van der Waals surface area contributed by atoms with Gasteiger partial charge in [0, 0.05) is 0 Å². The molecular weight excluding hydrogens is 152 g/mol. The molecule has 0 spiro atoms. The van der Waals surface area contributed by atoms with E-state index in [4.69, 9.17) is 0 Å². The lowest BCUT2D eigenvalue weighted by molar-refractivity contribution is 0.206. The first-order valence-corrected chi connectivity index (χ1v) is 4.69. The van der Waals surface area contributed by atoms with Gasteiger partial charge in [0.2, 0.25) is 0 Å². The van der Waals surface area contributed by atoms with Gasteiger partial charge in [-0.15, -0.1) is 0 Å². The van der Waals surface area contributed by atoms with Crippen molar-refractivity contribution in [2.45, 2.75) is 40.0 Å². The van der Waals surface area contributed by atoms with Crippen molar-refractivity contribution in [3.05, 3.63) is 0 Å². The van der Waals surface area contributed by atoms with Crippen LogP contribution in [0.5, 0.6) is 0 Å². The van der Waals surface area contributed by atoms with E-state index < -0.39 is 0 Å². The summed E-state index contributed by atoms with van der Waals surface area (Å²) in [6.45, 7) is 8.54. The fraction of sp³-hybridized carbons (Fsp3) is 0.900. The highest BCUT2D eigenvalue weighted by molar-refractivity contribution is 5.38. The van der Waals surface area contributed by atoms with Crippen LogP contribution in [0.15, 0.2) is 0 Å². The molecule has 2 heteroatoms. The maximum Gasteiger partial charge on any atom is 0.417 e. The van der Waals surface area contributed by atoms with Crippen molar-refractivity contribution < 1.29 is 9.53 Å². The van der Waals surface area contributed by atoms with Crippen LogP contribution in [0.2, 0.25) is 0 Å². The third kappa shape index (κ3) is 6.20. The maximum absolute atomic E-state index is 9.82. The molecule has 71 valence electrons. The van der Waals surface area contributed by atoms with Gasteiger partial charge in [0.15, 0.2) is 0 Å². The summed E-state index contributed by atoms with van der Waals surface area (Å²) in [5.74, 6) is 1.26. The Morgan fingerprint density at radius 2 is 2.00 bits per heavy atom. The highest BCUT2D eigenvalue weighted by Gasteiger charge is 2.07. The maximum atomic E-state index is 9.82. The van der Waals surface area contributed by atoms with Crippen LogP contribution < -0.4 is 0 Å². The minimum Gasteiger partial charge on any atom is -0.457 e. The molecule has 0 saturated carbocycles. The van der Waals surface area contributed by atoms with E-state index >= 15 is 0 Å². The van der Waals surface area contributed by atoms with E-state index in [0.717, 1.165) is 18.8 Å². The molecule has 1 atom stereocenters. The summed E-state index contributed by atoms with van der Waals surface area (Å²) in [6.07, 6.45) is 3.44. The molecule has 1 unspecified atom stereocenters. The summed E-state index contributed by atoms with van der Waals surface area (Å²) in [5.41, 5.74) is 0. The number of rotatable bonds is 7. The summed E-state index contributed by atoms with van der Waals surface area (Å²) in [4.78, 5) is 9.82. The quantitative estimate of drug-likeness (QED) is 0.588. The largest absolute Gasteiger partial charge is 0.457 e. The van der Waals surface area contributed by atoms with Crippen molar-refractivity contribution in [3.8, 4) is 0 Å². The number of hydrogen-bond acceptors (Lipinski definition) is 2. The van der Waals surface area contributed by atoms with Gasteiger partial charge < -0.3 is 4.74 Å². The molecule has 2 nitrogen and oxygen atoms in total. The van der Waals surface area contributed by atoms with Crippen LogP contribution in [0.25, 0.3) is 0 Å². The fourth-order valence-electron chi connectivity index (χ4n) is 1.13. The van der Waals surface area contributed by atoms with Crippen molar-refractivity contribution in [1.29, 1.82) is 0 Å². The monoisotopic (exact) mass is 171 g/mol. The van der Waals surface area contributed by atoms with E-state index in [1.165, 1.54) is 12.9 Å². The highest BCUT2D eigenvalue weighted by atomic mass is 16.5. The molecule has 0 rings (SSSR count). The molecule has 0 heterocycles. The molecule has 0 bridgehead atoms. The Morgan fingerprint density at radius 3 is 2.42 bits per heavy atom. The normalized spacial score (nSPS) is 13.0. The summed E-state index contributed by atoms with van der Waals surface area (Å²) < 4.78 is 4.61. The summed E-state index contributed by atoms with van der Waals surface area (Å²) in [6, 6.07) is 0. The number of ether oxygens (including phenoxy) is 1. The first kappa shape index (κ1) is 11.5. The van der Waals surface area contributed by atoms with E-state index in [9.17, 15) is 4.79 Å². The third-order valence-corrected chi connectivity index (χ3v) is 2.11. The number of carbonyl (C=O) groups excluding carboxylic acids is 1. The smallest absolute Gasteiger partial charge is 0.417 e. The van der Waals surface area contributed by atoms with Gasteiger partial charge in [-0.2, -0.15) is 0 Å². The van der Waals surface area contributed by atoms with Crippen molar-refractivity contribution in [2.75, 3.05) is 6.61 Å². The van der Waals surface area contributed by atoms with E-state index in [1.807, 2.05) is 0 Å². The van der Waals surface area contributed by atoms with Crippen LogP contribution in [-0.4, -0.2) is 13.1 Å². The van der Waals surface area contributed by atoms with Gasteiger partial charge in [0.25, 0.3) is 0 Å². The SMILES string of the molecule is CCC(CCC(C)C)CO[C]=O. The number of hydrogen-bond donors (Lipinski definition) is 0. The molecule has 0 N–H and O–H groups in total. The zero-order chi connectivity index (χ0) is 9.40. The lowest BCUT2D eigenvalue weighted by Crippen LogP contribution is -2.09. The Morgan fingerprint density at radius 1 is 1.33 bits per heavy atom. The Balaban J connectivity index is 3.45. The molecule has 0 aromatic heterocycles. The topological polar surface area (TPSA) is 26.3 Å². The second-order valence-electron chi connectivity index (χ2n) is 3.64. The molecule has 12 heavy (non-hydrogen) atoms. The first-order chi connectivity index (χ1) is 5.70. The third-order valence-electron chi connectivity index (χ3n) is 2.11. The van der Waals surface area contributed by atoms with Crippen molar-refractivity contribution in [3.63, 3.8) is 0 Å². The van der Waals surface area contributed by atoms with E-state index in [-0.39, 0.29) is 0 Å². The molecule has 0 fully saturated rings. The Hall–Kier alpha value is -0.530. The predicted molar refractivity (Wildman–Crippen MR) is 49.5 cm³/mol. The highest BCUT2D eigenvalue weighted by Crippen LogP contribution is 2.15. The molecular formula is C10H19O2. The standard InChI is InChI=1S/C10H19O2/c1-4-10(7-12-8-11)6-5-9(2)3/h9-10H,4-7H2,1-3H3. The Kier molecular flexibility index (Phi) is 6.82. The minimum absolute atomic E-state index is 0.522. The summed E-state index contributed by atoms with van der Waals surface area (Å²) in [7, 11) is 0. The zero-order valence-electron chi connectivity index (χ0n) is 8.30. The fourth-order valence-corrected chi connectivity index (χ4v) is 1.13. The molecule has 0 saturated heterocycles. The van der Waals surface area contributed by atoms with Crippen molar-refractivity contribution >= 4 is 6.47 Å². The molecule has 0 aromatic rings. The average Bonchev–Trinajstić information content (AvgIpc) is 2.05. The van der Waals surface area contributed by atoms with Gasteiger partial charge in [0.1, 0.15) is 0 Å². The minimum atomic E-state index is 0.522. The predicted octanol–water partition coefficient (Wildman–Crippen LogP) is 2.53. The molecule has 0 aliphatic heterocycles. The average molecular weight is 171 g/mol. The van der Waals surface area contributed by atoms with Crippen molar-refractivity contribution in [1.82, 2.24) is 0 Å². The van der Waals surface area contributed by atoms with E-state index in [2.05, 4.69) is 25.5 Å². The second kappa shape index (κ2) is 7.14. The summed E-state index contributed by atoms with van der Waals surface area (Å²) in [5, 5.41) is 0. The van der Waals surface area contributed by atoms with Crippen LogP contribution in [-0.2, 0) is 9.53 Å². The van der Waals surface area contributed by atoms with Crippen molar-refractivity contribution in [2.24, 2.45) is 11.8 Å². The van der Waals surface area contributed by atoms with Gasteiger partial charge in [-0.05, 0) is 18.3 Å². The summed E-state index contributed by atoms with van der Waals surface area (Å²) >= 11 is 0. The first-order valence-electron chi connectivity index (χ1n) is 4.69. The van der Waals surface area contributed by atoms with Gasteiger partial charge in [0.05, 0.1) is 6.61 Å². The lowest BCUT2D eigenvalue weighted by Gasteiger charge is -2.13. The Labute approximate surface area is 75.3 Å². The molecule has 0 aliphatic carbocycles. The van der Waals surface area contributed by atoms with Gasteiger partial charge in [-0.3, -0.25) is 0 Å². The van der Waals surface area contributed by atoms with Crippen LogP contribution in [0.3, 0.4) is 0 Å². The second-order valence-corrected chi connectivity index (χ2v) is 3.64. The van der Waals surface area contributed by atoms with Crippen LogP contribution in [0, 0.1) is 11.8 Å². The molecule has 0 aromatic carbocycles. The van der Waals surface area contributed by atoms with Crippen LogP contribution in [0.4, 0.5) is 0 Å². The van der Waals surface area contributed by atoms with Gasteiger partial charge in [-0.1, -0.05) is 33.6 Å². The van der Waals surface area contributed by atoms with Crippen LogP contribution >= 0.6 is 0 Å². The molecule has 1 radical (unpaired) electrons. The van der Waals surface area contributed by atoms with Gasteiger partial charge in [-0.25, -0.2) is 4.79 Å². The lowest BCUT2D eigenvalue weighted by atomic mass is 9.96. The molecule has 0 amide bonds. The van der Waals surface area contributed by atoms with Gasteiger partial charge >= 0.3 is 6.47 Å². The molecule has 0 aliphatic rings.